The summed E-state index contributed by atoms with van der Waals surface area (Å²) in [4.78, 5) is 0. The average Bonchev–Trinajstić information content (AvgIpc) is 1.75. The first kappa shape index (κ1) is 15.8. The van der Waals surface area contributed by atoms with Crippen molar-refractivity contribution in [3.8, 4) is 0 Å². The van der Waals surface area contributed by atoms with Crippen LogP contribution in [0.2, 0.25) is 0 Å². The van der Waals surface area contributed by atoms with E-state index in [-0.39, 0.29) is 17.4 Å². The summed E-state index contributed by atoms with van der Waals surface area (Å²) in [5, 5.41) is 20.1. The Kier molecular flexibility index (Phi) is 51.6. The normalized spacial score (nSPS) is 6.00. The molecule has 0 saturated heterocycles. The molecular formula is C4H15AlO3. The first-order valence-electron chi connectivity index (χ1n) is 2.22. The molecule has 0 fully saturated rings. The van der Waals surface area contributed by atoms with E-state index >= 15 is 0 Å². The van der Waals surface area contributed by atoms with Crippen molar-refractivity contribution >= 4 is 17.4 Å². The minimum atomic E-state index is 0. The summed E-state index contributed by atoms with van der Waals surface area (Å²) in [7, 11) is 0. The second kappa shape index (κ2) is 26.2. The summed E-state index contributed by atoms with van der Waals surface area (Å²) in [6, 6.07) is 0. The number of hydrogen-bond donors (Lipinski definition) is 3. The first-order chi connectivity index (χ1) is 3.41. The molecule has 0 heterocycles. The Hall–Kier alpha value is 0.412. The predicted octanol–water partition coefficient (Wildman–Crippen LogP) is -0.388. The second-order valence-corrected chi connectivity index (χ2v) is 1.08. The van der Waals surface area contributed by atoms with Crippen LogP contribution in [0.5, 0.6) is 0 Å². The molecule has 0 rings (SSSR count). The molecule has 0 spiro atoms. The molecule has 3 N–H and O–H groups in total. The quantitative estimate of drug-likeness (QED) is 0.277. The van der Waals surface area contributed by atoms with E-state index in [2.05, 4.69) is 6.92 Å². The molecule has 0 aromatic rings. The molecule has 0 amide bonds. The van der Waals surface area contributed by atoms with E-state index in [1.165, 1.54) is 0 Å². The molecule has 0 saturated carbocycles. The highest BCUT2D eigenvalue weighted by Crippen LogP contribution is 1.78. The van der Waals surface area contributed by atoms with Crippen LogP contribution in [0.15, 0.2) is 0 Å². The third kappa shape index (κ3) is 32.3. The van der Waals surface area contributed by atoms with Gasteiger partial charge in [0.1, 0.15) is 0 Å². The smallest absolute Gasteiger partial charge is 0.187 e. The lowest BCUT2D eigenvalue weighted by Crippen LogP contribution is -1.75. The van der Waals surface area contributed by atoms with Gasteiger partial charge in [-0.1, -0.05) is 13.3 Å². The summed E-state index contributed by atoms with van der Waals surface area (Å²) in [5.74, 6) is 0. The van der Waals surface area contributed by atoms with Crippen molar-refractivity contribution in [2.75, 3.05) is 6.61 Å². The summed E-state index contributed by atoms with van der Waals surface area (Å²) in [5.41, 5.74) is 0. The van der Waals surface area contributed by atoms with Crippen LogP contribution in [0.4, 0.5) is 0 Å². The number of aliphatic hydroxyl groups is 1. The van der Waals surface area contributed by atoms with Gasteiger partial charge in [-0.25, -0.2) is 0 Å². The molecule has 0 atom stereocenters. The van der Waals surface area contributed by atoms with Gasteiger partial charge in [-0.15, -0.1) is 0 Å². The number of rotatable bonds is 2. The number of hydrogen-bond acceptors (Lipinski definition) is 3. The fourth-order valence-corrected chi connectivity index (χ4v) is 0.158. The van der Waals surface area contributed by atoms with Crippen LogP contribution in [0.25, 0.3) is 0 Å². The lowest BCUT2D eigenvalue weighted by molar-refractivity contribution is -0.176. The molecule has 0 bridgehead atoms. The Morgan fingerprint density at radius 3 is 1.62 bits per heavy atom. The van der Waals surface area contributed by atoms with E-state index in [1.54, 1.807) is 0 Å². The number of unbranched alkanes of at least 4 members (excludes halogenated alkanes) is 1. The van der Waals surface area contributed by atoms with Gasteiger partial charge in [-0.2, -0.15) is 0 Å². The van der Waals surface area contributed by atoms with Crippen molar-refractivity contribution in [3.05, 3.63) is 0 Å². The zero-order chi connectivity index (χ0) is 6.12. The zero-order valence-electron chi connectivity index (χ0n) is 4.46. The van der Waals surface area contributed by atoms with E-state index in [0.717, 1.165) is 12.8 Å². The monoisotopic (exact) mass is 138 g/mol. The van der Waals surface area contributed by atoms with Crippen LogP contribution < -0.4 is 0 Å². The minimum absolute atomic E-state index is 0. The predicted molar refractivity (Wildman–Crippen MR) is 37.2 cm³/mol. The molecule has 0 radical (unpaired) electrons. The van der Waals surface area contributed by atoms with Crippen molar-refractivity contribution in [1.29, 1.82) is 0 Å². The molecule has 0 unspecified atom stereocenters. The Bertz CT molecular complexity index is 18.8. The second-order valence-electron chi connectivity index (χ2n) is 1.08. The fraction of sp³-hybridized carbons (Fsp3) is 1.00. The van der Waals surface area contributed by atoms with Crippen LogP contribution in [0.1, 0.15) is 19.8 Å². The summed E-state index contributed by atoms with van der Waals surface area (Å²) in [6.45, 7) is 2.40. The van der Waals surface area contributed by atoms with Crippen molar-refractivity contribution in [1.82, 2.24) is 0 Å². The van der Waals surface area contributed by atoms with Gasteiger partial charge in [0.25, 0.3) is 0 Å². The molecular weight excluding hydrogens is 123 g/mol. The largest absolute Gasteiger partial charge is 0.396 e. The van der Waals surface area contributed by atoms with Crippen LogP contribution in [0.3, 0.4) is 0 Å². The van der Waals surface area contributed by atoms with E-state index in [4.69, 9.17) is 15.6 Å². The van der Waals surface area contributed by atoms with E-state index in [0.29, 0.717) is 6.61 Å². The van der Waals surface area contributed by atoms with E-state index in [1.807, 2.05) is 0 Å². The van der Waals surface area contributed by atoms with Crippen LogP contribution in [-0.4, -0.2) is 39.6 Å². The highest BCUT2D eigenvalue weighted by atomic mass is 27.0. The van der Waals surface area contributed by atoms with Gasteiger partial charge in [0.15, 0.2) is 17.4 Å². The van der Waals surface area contributed by atoms with Gasteiger partial charge < -0.3 is 5.11 Å². The van der Waals surface area contributed by atoms with Crippen molar-refractivity contribution < 1.29 is 15.6 Å². The summed E-state index contributed by atoms with van der Waals surface area (Å²) in [6.07, 6.45) is 2.04. The summed E-state index contributed by atoms with van der Waals surface area (Å²) < 4.78 is 0. The Morgan fingerprint density at radius 2 is 1.62 bits per heavy atom. The van der Waals surface area contributed by atoms with Gasteiger partial charge in [0, 0.05) is 6.61 Å². The lowest BCUT2D eigenvalue weighted by Gasteiger charge is -1.79. The SMILES string of the molecule is CCCCO.OO.[AlH3]. The fourth-order valence-electron chi connectivity index (χ4n) is 0.158. The summed E-state index contributed by atoms with van der Waals surface area (Å²) >= 11 is 0. The highest BCUT2D eigenvalue weighted by Gasteiger charge is 1.69. The van der Waals surface area contributed by atoms with Gasteiger partial charge in [-0.3, -0.25) is 10.5 Å². The molecule has 3 nitrogen and oxygen atoms in total. The van der Waals surface area contributed by atoms with Crippen molar-refractivity contribution in [2.45, 2.75) is 19.8 Å². The first-order valence-corrected chi connectivity index (χ1v) is 2.22. The lowest BCUT2D eigenvalue weighted by atomic mass is 10.4. The maximum atomic E-state index is 8.07. The highest BCUT2D eigenvalue weighted by molar-refractivity contribution is 5.75. The molecule has 0 aliphatic heterocycles. The topological polar surface area (TPSA) is 60.7 Å². The Morgan fingerprint density at radius 1 is 1.25 bits per heavy atom. The molecule has 52 valence electrons. The van der Waals surface area contributed by atoms with Gasteiger partial charge >= 0.3 is 0 Å². The maximum absolute atomic E-state index is 8.07. The van der Waals surface area contributed by atoms with Gasteiger partial charge in [0.2, 0.25) is 0 Å². The maximum Gasteiger partial charge on any atom is 0.187 e. The molecule has 0 aromatic carbocycles. The average molecular weight is 138 g/mol. The van der Waals surface area contributed by atoms with Crippen molar-refractivity contribution in [2.24, 2.45) is 0 Å². The van der Waals surface area contributed by atoms with Gasteiger partial charge in [-0.05, 0) is 6.42 Å². The molecule has 4 heteroatoms. The Labute approximate surface area is 60.0 Å². The zero-order valence-corrected chi connectivity index (χ0v) is 4.46. The van der Waals surface area contributed by atoms with Crippen LogP contribution >= 0.6 is 0 Å². The van der Waals surface area contributed by atoms with Crippen molar-refractivity contribution in [3.63, 3.8) is 0 Å². The van der Waals surface area contributed by atoms with E-state index in [9.17, 15) is 0 Å². The minimum Gasteiger partial charge on any atom is -0.396 e. The van der Waals surface area contributed by atoms with E-state index < -0.39 is 0 Å². The molecule has 0 aliphatic rings. The van der Waals surface area contributed by atoms with Crippen LogP contribution in [0, 0.1) is 0 Å². The molecule has 0 aromatic heterocycles. The molecule has 0 aliphatic carbocycles. The van der Waals surface area contributed by atoms with Gasteiger partial charge in [0.05, 0.1) is 0 Å². The third-order valence-corrected chi connectivity index (χ3v) is 0.512. The number of aliphatic hydroxyl groups excluding tert-OH is 1. The molecule has 8 heavy (non-hydrogen) atoms. The van der Waals surface area contributed by atoms with Crippen LogP contribution in [-0.2, 0) is 0 Å². The Balaban J connectivity index is -0.0000000750. The third-order valence-electron chi connectivity index (χ3n) is 0.512. The standard InChI is InChI=1S/C4H10O.Al.H2O2.3H/c1-2-3-4-5;;1-2;;;/h5H,2-4H2,1H3;;1-2H;;;.